The van der Waals surface area contributed by atoms with Gasteiger partial charge in [0.05, 0.1) is 12.0 Å². The molecule has 82 valence electrons. The van der Waals surface area contributed by atoms with Gasteiger partial charge in [-0.05, 0) is 12.8 Å². The van der Waals surface area contributed by atoms with E-state index in [1.807, 2.05) is 13.8 Å². The zero-order chi connectivity index (χ0) is 11.2. The average Bonchev–Trinajstić information content (AvgIpc) is 2.18. The van der Waals surface area contributed by atoms with Crippen molar-refractivity contribution < 1.29 is 4.79 Å². The smallest absolute Gasteiger partial charge is 0.227 e. The highest BCUT2D eigenvalue weighted by Crippen LogP contribution is 2.24. The second kappa shape index (κ2) is 6.04. The van der Waals surface area contributed by atoms with Gasteiger partial charge in [0, 0.05) is 11.6 Å². The number of rotatable bonds is 6. The third-order valence-corrected chi connectivity index (χ3v) is 2.80. The third kappa shape index (κ3) is 3.31. The van der Waals surface area contributed by atoms with Crippen molar-refractivity contribution in [2.75, 3.05) is 13.1 Å². The minimum atomic E-state index is -0.452. The molecule has 0 spiro atoms. The first kappa shape index (κ1) is 13.5. The number of nitrogens with one attached hydrogen (secondary N) is 1. The van der Waals surface area contributed by atoms with Gasteiger partial charge in [0.1, 0.15) is 0 Å². The number of nitrogens with two attached hydrogens (primary N) is 1. The lowest BCUT2D eigenvalue weighted by molar-refractivity contribution is -0.130. The van der Waals surface area contributed by atoms with Crippen LogP contribution < -0.4 is 11.1 Å². The van der Waals surface area contributed by atoms with Gasteiger partial charge in [0.2, 0.25) is 5.91 Å². The molecule has 0 aliphatic carbocycles. The highest BCUT2D eigenvalue weighted by molar-refractivity contribution is 6.29. The zero-order valence-electron chi connectivity index (χ0n) is 8.90. The van der Waals surface area contributed by atoms with Gasteiger partial charge in [-0.25, -0.2) is 0 Å². The van der Waals surface area contributed by atoms with Crippen molar-refractivity contribution in [2.24, 2.45) is 11.1 Å². The fourth-order valence-corrected chi connectivity index (χ4v) is 1.38. The second-order valence-electron chi connectivity index (χ2n) is 3.39. The molecule has 1 amide bonds. The van der Waals surface area contributed by atoms with Gasteiger partial charge in [-0.3, -0.25) is 4.79 Å². The van der Waals surface area contributed by atoms with Gasteiger partial charge in [-0.1, -0.05) is 32.0 Å². The Morgan fingerprint density at radius 2 is 2.00 bits per heavy atom. The summed E-state index contributed by atoms with van der Waals surface area (Å²) in [5.41, 5.74) is 5.17. The van der Waals surface area contributed by atoms with Gasteiger partial charge in [-0.15, -0.1) is 0 Å². The van der Waals surface area contributed by atoms with Crippen LogP contribution in [0.4, 0.5) is 0 Å². The Morgan fingerprint density at radius 1 is 1.50 bits per heavy atom. The van der Waals surface area contributed by atoms with Crippen LogP contribution in [0.5, 0.6) is 0 Å². The molecule has 0 aliphatic heterocycles. The van der Waals surface area contributed by atoms with Crippen molar-refractivity contribution in [3.05, 3.63) is 11.6 Å². The summed E-state index contributed by atoms with van der Waals surface area (Å²) in [4.78, 5) is 11.8. The van der Waals surface area contributed by atoms with E-state index in [1.165, 1.54) is 0 Å². The van der Waals surface area contributed by atoms with Gasteiger partial charge in [-0.2, -0.15) is 0 Å². The first-order chi connectivity index (χ1) is 6.52. The van der Waals surface area contributed by atoms with Crippen molar-refractivity contribution >= 4 is 17.5 Å². The normalized spacial score (nSPS) is 11.1. The molecule has 0 heterocycles. The highest BCUT2D eigenvalue weighted by atomic mass is 35.5. The van der Waals surface area contributed by atoms with Gasteiger partial charge >= 0.3 is 0 Å². The Morgan fingerprint density at radius 3 is 2.29 bits per heavy atom. The maximum atomic E-state index is 11.8. The number of halogens is 1. The van der Waals surface area contributed by atoms with Crippen LogP contribution in [-0.2, 0) is 4.79 Å². The zero-order valence-corrected chi connectivity index (χ0v) is 9.66. The molecular formula is C10H19ClN2O. The molecule has 0 aliphatic rings. The van der Waals surface area contributed by atoms with E-state index >= 15 is 0 Å². The summed E-state index contributed by atoms with van der Waals surface area (Å²) in [7, 11) is 0. The molecule has 0 saturated carbocycles. The maximum Gasteiger partial charge on any atom is 0.227 e. The van der Waals surface area contributed by atoms with Crippen molar-refractivity contribution in [1.82, 2.24) is 5.32 Å². The molecule has 3 nitrogen and oxygen atoms in total. The molecule has 4 heteroatoms. The molecule has 0 aromatic heterocycles. The topological polar surface area (TPSA) is 55.1 Å². The minimum absolute atomic E-state index is 0.0354. The lowest BCUT2D eigenvalue weighted by Crippen LogP contribution is -2.45. The Kier molecular flexibility index (Phi) is 5.81. The quantitative estimate of drug-likeness (QED) is 0.712. The number of hydrogen-bond donors (Lipinski definition) is 2. The summed E-state index contributed by atoms with van der Waals surface area (Å²) in [5.74, 6) is -0.0354. The van der Waals surface area contributed by atoms with Crippen LogP contribution in [0.3, 0.4) is 0 Å². The van der Waals surface area contributed by atoms with Crippen LogP contribution in [0.1, 0.15) is 26.7 Å². The summed E-state index contributed by atoms with van der Waals surface area (Å²) >= 11 is 5.56. The summed E-state index contributed by atoms with van der Waals surface area (Å²) in [6.45, 7) is 8.10. The van der Waals surface area contributed by atoms with E-state index in [0.29, 0.717) is 18.1 Å². The minimum Gasteiger partial charge on any atom is -0.351 e. The van der Waals surface area contributed by atoms with Crippen LogP contribution >= 0.6 is 11.6 Å². The summed E-state index contributed by atoms with van der Waals surface area (Å²) in [6.07, 6.45) is 1.47. The van der Waals surface area contributed by atoms with Crippen LogP contribution in [0.15, 0.2) is 11.6 Å². The molecule has 0 aromatic carbocycles. The molecular weight excluding hydrogens is 200 g/mol. The van der Waals surface area contributed by atoms with Gasteiger partial charge in [0.15, 0.2) is 0 Å². The molecule has 0 radical (unpaired) electrons. The first-order valence-electron chi connectivity index (χ1n) is 4.84. The van der Waals surface area contributed by atoms with E-state index in [2.05, 4.69) is 11.9 Å². The molecule has 3 N–H and O–H groups in total. The number of carbonyl (C=O) groups excluding carboxylic acids is 1. The Labute approximate surface area is 90.7 Å². The Hall–Kier alpha value is -0.540. The van der Waals surface area contributed by atoms with Crippen LogP contribution in [0.2, 0.25) is 0 Å². The van der Waals surface area contributed by atoms with Crippen molar-refractivity contribution in [3.8, 4) is 0 Å². The highest BCUT2D eigenvalue weighted by Gasteiger charge is 2.32. The summed E-state index contributed by atoms with van der Waals surface area (Å²) < 4.78 is 0. The molecule has 0 fully saturated rings. The van der Waals surface area contributed by atoms with E-state index in [1.54, 1.807) is 0 Å². The standard InChI is InChI=1S/C10H19ClN2O/c1-4-10(5-2,7-12)9(14)13-6-8(3)11/h3-7,12H2,1-2H3,(H,13,14). The van der Waals surface area contributed by atoms with E-state index in [-0.39, 0.29) is 5.91 Å². The van der Waals surface area contributed by atoms with E-state index < -0.39 is 5.41 Å². The monoisotopic (exact) mass is 218 g/mol. The van der Waals surface area contributed by atoms with Crippen molar-refractivity contribution in [2.45, 2.75) is 26.7 Å². The van der Waals surface area contributed by atoms with Crippen LogP contribution in [-0.4, -0.2) is 19.0 Å². The van der Waals surface area contributed by atoms with Crippen LogP contribution in [0.25, 0.3) is 0 Å². The van der Waals surface area contributed by atoms with E-state index in [0.717, 1.165) is 12.8 Å². The second-order valence-corrected chi connectivity index (χ2v) is 3.93. The lowest BCUT2D eigenvalue weighted by Gasteiger charge is -2.28. The largest absolute Gasteiger partial charge is 0.351 e. The summed E-state index contributed by atoms with van der Waals surface area (Å²) in [6, 6.07) is 0. The Bertz CT molecular complexity index is 204. The molecule has 0 saturated heterocycles. The van der Waals surface area contributed by atoms with Crippen molar-refractivity contribution in [1.29, 1.82) is 0 Å². The SMILES string of the molecule is C=C(Cl)CNC(=O)C(CC)(CC)CN. The van der Waals surface area contributed by atoms with E-state index in [9.17, 15) is 4.79 Å². The first-order valence-corrected chi connectivity index (χ1v) is 5.21. The van der Waals surface area contributed by atoms with E-state index in [4.69, 9.17) is 17.3 Å². The molecule has 14 heavy (non-hydrogen) atoms. The number of amides is 1. The predicted octanol–water partition coefficient (Wildman–Crippen LogP) is 1.62. The number of hydrogen-bond acceptors (Lipinski definition) is 2. The fourth-order valence-electron chi connectivity index (χ4n) is 1.32. The van der Waals surface area contributed by atoms with Gasteiger partial charge < -0.3 is 11.1 Å². The van der Waals surface area contributed by atoms with Crippen LogP contribution in [0, 0.1) is 5.41 Å². The molecule has 0 bridgehead atoms. The number of carbonyl (C=O) groups is 1. The molecule has 0 atom stereocenters. The summed E-state index contributed by atoms with van der Waals surface area (Å²) in [5, 5.41) is 3.15. The molecule has 0 rings (SSSR count). The Balaban J connectivity index is 4.36. The maximum absolute atomic E-state index is 11.8. The van der Waals surface area contributed by atoms with Crippen molar-refractivity contribution in [3.63, 3.8) is 0 Å². The average molecular weight is 219 g/mol. The molecule has 0 aromatic rings. The lowest BCUT2D eigenvalue weighted by atomic mass is 9.81. The van der Waals surface area contributed by atoms with Gasteiger partial charge in [0.25, 0.3) is 0 Å². The fraction of sp³-hybridized carbons (Fsp3) is 0.700. The third-order valence-electron chi connectivity index (χ3n) is 2.67. The molecule has 0 unspecified atom stereocenters. The predicted molar refractivity (Wildman–Crippen MR) is 60.1 cm³/mol.